The van der Waals surface area contributed by atoms with Gasteiger partial charge in [0, 0.05) is 37.6 Å². The molecule has 2 aromatic carbocycles. The van der Waals surface area contributed by atoms with Gasteiger partial charge in [-0.15, -0.1) is 11.8 Å². The van der Waals surface area contributed by atoms with Gasteiger partial charge in [0.1, 0.15) is 0 Å². The van der Waals surface area contributed by atoms with Crippen molar-refractivity contribution in [2.45, 2.75) is 56.7 Å². The van der Waals surface area contributed by atoms with Gasteiger partial charge in [-0.3, -0.25) is 9.59 Å². The number of thioether (sulfide) groups is 1. The average Bonchev–Trinajstić information content (AvgIpc) is 2.87. The maximum absolute atomic E-state index is 13.6. The predicted octanol–water partition coefficient (Wildman–Crippen LogP) is 4.77. The quantitative estimate of drug-likeness (QED) is 0.423. The van der Waals surface area contributed by atoms with Gasteiger partial charge in [-0.05, 0) is 49.1 Å². The number of carbonyl (C=O) groups excluding carboxylic acids is 2. The van der Waals surface area contributed by atoms with Gasteiger partial charge >= 0.3 is 0 Å². The zero-order chi connectivity index (χ0) is 24.8. The Morgan fingerprint density at radius 1 is 1.14 bits per heavy atom. The number of aryl methyl sites for hydroxylation is 1. The van der Waals surface area contributed by atoms with Gasteiger partial charge < -0.3 is 19.7 Å². The Morgan fingerprint density at radius 2 is 1.89 bits per heavy atom. The minimum atomic E-state index is -0.483. The highest BCUT2D eigenvalue weighted by Gasteiger charge is 2.40. The van der Waals surface area contributed by atoms with Crippen molar-refractivity contribution in [2.24, 2.45) is 0 Å². The molecule has 7 heteroatoms. The van der Waals surface area contributed by atoms with Crippen molar-refractivity contribution >= 4 is 29.7 Å². The van der Waals surface area contributed by atoms with E-state index in [1.54, 1.807) is 23.9 Å². The van der Waals surface area contributed by atoms with Crippen LogP contribution in [-0.4, -0.2) is 55.1 Å². The molecule has 2 aromatic rings. The summed E-state index contributed by atoms with van der Waals surface area (Å²) in [5, 5.41) is 3.23. The van der Waals surface area contributed by atoms with Gasteiger partial charge in [-0.2, -0.15) is 0 Å². The molecule has 2 fully saturated rings. The Labute approximate surface area is 212 Å². The summed E-state index contributed by atoms with van der Waals surface area (Å²) < 4.78 is 10.2. The second-order valence-electron chi connectivity index (χ2n) is 9.17. The lowest BCUT2D eigenvalue weighted by molar-refractivity contribution is -0.130. The van der Waals surface area contributed by atoms with Crippen LogP contribution in [0.1, 0.15) is 52.7 Å². The lowest BCUT2D eigenvalue weighted by atomic mass is 9.92. The van der Waals surface area contributed by atoms with Gasteiger partial charge in [0.25, 0.3) is 11.8 Å². The van der Waals surface area contributed by atoms with Crippen LogP contribution < -0.4 is 5.32 Å². The van der Waals surface area contributed by atoms with Gasteiger partial charge in [0.15, 0.2) is 6.29 Å². The number of methoxy groups -OCH3 is 2. The number of benzene rings is 2. The second kappa shape index (κ2) is 11.9. The molecule has 0 radical (unpaired) electrons. The summed E-state index contributed by atoms with van der Waals surface area (Å²) in [4.78, 5) is 28.9. The Hall–Kier alpha value is -2.61. The van der Waals surface area contributed by atoms with E-state index in [0.29, 0.717) is 17.4 Å². The summed E-state index contributed by atoms with van der Waals surface area (Å²) >= 11 is 1.73. The summed E-state index contributed by atoms with van der Waals surface area (Å²) in [7, 11) is 3.06. The Kier molecular flexibility index (Phi) is 8.65. The Bertz CT molecular complexity index is 1060. The average molecular weight is 495 g/mol. The van der Waals surface area contributed by atoms with Crippen LogP contribution in [0.15, 0.2) is 53.4 Å². The minimum Gasteiger partial charge on any atom is -0.354 e. The molecule has 1 heterocycles. The molecule has 6 nitrogen and oxygen atoms in total. The van der Waals surface area contributed by atoms with Gasteiger partial charge in [-0.1, -0.05) is 54.8 Å². The molecule has 0 spiro atoms. The second-order valence-corrected chi connectivity index (χ2v) is 10.5. The third kappa shape index (κ3) is 6.34. The number of nitrogens with one attached hydrogen (secondary N) is 1. The van der Waals surface area contributed by atoms with Crippen LogP contribution in [0.3, 0.4) is 0 Å². The normalized spacial score (nSPS) is 21.3. The van der Waals surface area contributed by atoms with E-state index in [0.717, 1.165) is 23.3 Å². The number of ether oxygens (including phenoxy) is 2. The largest absolute Gasteiger partial charge is 0.354 e. The van der Waals surface area contributed by atoms with Crippen LogP contribution in [0.25, 0.3) is 6.08 Å². The SMILES string of the molecule is COC(CNC(=O)c1ccc(/C=C2/SC3CCCCC3N(Cc3cccc(C)c3)C2=O)cc1)OC. The lowest BCUT2D eigenvalue weighted by Crippen LogP contribution is -2.50. The number of amides is 2. The highest BCUT2D eigenvalue weighted by Crippen LogP contribution is 2.42. The first-order valence-electron chi connectivity index (χ1n) is 12.2. The molecule has 35 heavy (non-hydrogen) atoms. The van der Waals surface area contributed by atoms with Crippen molar-refractivity contribution in [2.75, 3.05) is 20.8 Å². The Balaban J connectivity index is 1.50. The third-order valence-electron chi connectivity index (χ3n) is 6.68. The number of hydrogen-bond donors (Lipinski definition) is 1. The van der Waals surface area contributed by atoms with Crippen molar-refractivity contribution in [3.05, 3.63) is 75.7 Å². The molecule has 1 aliphatic heterocycles. The molecule has 2 atom stereocenters. The number of fused-ring (bicyclic) bond motifs is 1. The van der Waals surface area contributed by atoms with Crippen LogP contribution in [0.5, 0.6) is 0 Å². The van der Waals surface area contributed by atoms with Crippen LogP contribution in [0.2, 0.25) is 0 Å². The molecule has 0 aromatic heterocycles. The van der Waals surface area contributed by atoms with Crippen LogP contribution in [0, 0.1) is 6.92 Å². The monoisotopic (exact) mass is 494 g/mol. The molecule has 1 saturated heterocycles. The maximum atomic E-state index is 13.6. The molecule has 0 bridgehead atoms. The number of carbonyl (C=O) groups is 2. The zero-order valence-corrected chi connectivity index (χ0v) is 21.5. The fraction of sp³-hybridized carbons (Fsp3) is 0.429. The van der Waals surface area contributed by atoms with Crippen molar-refractivity contribution in [1.29, 1.82) is 0 Å². The standard InChI is InChI=1S/C28H34N2O4S/c1-19-7-6-8-21(15-19)18-30-23-9-4-5-10-24(23)35-25(28(30)32)16-20-11-13-22(14-12-20)27(31)29-17-26(33-2)34-3/h6-8,11-16,23-24,26H,4-5,9-10,17-18H2,1-3H3,(H,29,31)/b25-16+. The van der Waals surface area contributed by atoms with Crippen molar-refractivity contribution in [3.8, 4) is 0 Å². The zero-order valence-electron chi connectivity index (χ0n) is 20.7. The van der Waals surface area contributed by atoms with Crippen molar-refractivity contribution < 1.29 is 19.1 Å². The smallest absolute Gasteiger partial charge is 0.260 e. The van der Waals surface area contributed by atoms with Crippen LogP contribution >= 0.6 is 11.8 Å². The van der Waals surface area contributed by atoms with Crippen LogP contribution in [0.4, 0.5) is 0 Å². The van der Waals surface area contributed by atoms with E-state index >= 15 is 0 Å². The minimum absolute atomic E-state index is 0.103. The fourth-order valence-corrected chi connectivity index (χ4v) is 6.26. The molecular weight excluding hydrogens is 460 g/mol. The summed E-state index contributed by atoms with van der Waals surface area (Å²) in [5.41, 5.74) is 3.85. The molecule has 2 unspecified atom stereocenters. The predicted molar refractivity (Wildman–Crippen MR) is 140 cm³/mol. The molecule has 1 aliphatic carbocycles. The molecular formula is C28H34N2O4S. The summed E-state index contributed by atoms with van der Waals surface area (Å²) in [6.45, 7) is 2.99. The van der Waals surface area contributed by atoms with E-state index in [1.807, 2.05) is 18.2 Å². The van der Waals surface area contributed by atoms with E-state index < -0.39 is 6.29 Å². The number of nitrogens with zero attached hydrogens (tertiary/aromatic N) is 1. The lowest BCUT2D eigenvalue weighted by Gasteiger charge is -2.44. The van der Waals surface area contributed by atoms with Gasteiger partial charge in [0.2, 0.25) is 0 Å². The maximum Gasteiger partial charge on any atom is 0.260 e. The molecule has 2 amide bonds. The van der Waals surface area contributed by atoms with Crippen molar-refractivity contribution in [1.82, 2.24) is 10.2 Å². The number of hydrogen-bond acceptors (Lipinski definition) is 5. The molecule has 2 aliphatic rings. The Morgan fingerprint density at radius 3 is 2.60 bits per heavy atom. The first-order chi connectivity index (χ1) is 17.0. The molecule has 1 saturated carbocycles. The van der Waals surface area contributed by atoms with Crippen LogP contribution in [-0.2, 0) is 20.8 Å². The van der Waals surface area contributed by atoms with E-state index in [-0.39, 0.29) is 24.4 Å². The first-order valence-corrected chi connectivity index (χ1v) is 13.0. The highest BCUT2D eigenvalue weighted by atomic mass is 32.2. The molecule has 4 rings (SSSR count). The van der Waals surface area contributed by atoms with Gasteiger partial charge in [0.05, 0.1) is 11.4 Å². The highest BCUT2D eigenvalue weighted by molar-refractivity contribution is 8.04. The number of rotatable bonds is 8. The molecule has 1 N–H and O–H groups in total. The van der Waals surface area contributed by atoms with Crippen molar-refractivity contribution in [3.63, 3.8) is 0 Å². The molecule has 186 valence electrons. The third-order valence-corrected chi connectivity index (χ3v) is 8.08. The topological polar surface area (TPSA) is 67.9 Å². The first kappa shape index (κ1) is 25.5. The van der Waals surface area contributed by atoms with E-state index in [2.05, 4.69) is 41.4 Å². The van der Waals surface area contributed by atoms with E-state index in [9.17, 15) is 9.59 Å². The fourth-order valence-electron chi connectivity index (χ4n) is 4.79. The van der Waals surface area contributed by atoms with E-state index in [4.69, 9.17) is 9.47 Å². The summed E-state index contributed by atoms with van der Waals surface area (Å²) in [6, 6.07) is 16.0. The summed E-state index contributed by atoms with van der Waals surface area (Å²) in [5.74, 6) is -0.0903. The summed E-state index contributed by atoms with van der Waals surface area (Å²) in [6.07, 6.45) is 6.08. The van der Waals surface area contributed by atoms with Gasteiger partial charge in [-0.25, -0.2) is 0 Å². The van der Waals surface area contributed by atoms with E-state index in [1.165, 1.54) is 38.2 Å².